The molecule has 20 heavy (non-hydrogen) atoms. The van der Waals surface area contributed by atoms with E-state index in [0.29, 0.717) is 17.0 Å². The molecule has 106 valence electrons. The van der Waals surface area contributed by atoms with Gasteiger partial charge in [0.2, 0.25) is 0 Å². The summed E-state index contributed by atoms with van der Waals surface area (Å²) in [6, 6.07) is 6.48. The van der Waals surface area contributed by atoms with E-state index < -0.39 is 17.7 Å². The molecule has 0 aliphatic carbocycles. The quantitative estimate of drug-likeness (QED) is 0.650. The Balaban J connectivity index is 2.29. The average molecular weight is 279 g/mol. The highest BCUT2D eigenvalue weighted by Gasteiger charge is 2.18. The molecular formula is C14H15F2N3O. The molecule has 1 unspecified atom stereocenters. The Hall–Kier alpha value is -2.05. The molecule has 2 rings (SSSR count). The number of pyridine rings is 1. The Morgan fingerprint density at radius 3 is 2.80 bits per heavy atom. The Bertz CT molecular complexity index is 592. The summed E-state index contributed by atoms with van der Waals surface area (Å²) in [7, 11) is 1.52. The van der Waals surface area contributed by atoms with Crippen molar-refractivity contribution in [1.29, 1.82) is 0 Å². The maximum Gasteiger partial charge on any atom is 0.142 e. The second-order valence-electron chi connectivity index (χ2n) is 4.25. The van der Waals surface area contributed by atoms with Crippen LogP contribution in [0.3, 0.4) is 0 Å². The predicted molar refractivity (Wildman–Crippen MR) is 70.9 cm³/mol. The van der Waals surface area contributed by atoms with E-state index in [2.05, 4.69) is 10.4 Å². The summed E-state index contributed by atoms with van der Waals surface area (Å²) in [6.45, 7) is 0. The number of nitrogens with one attached hydrogen (secondary N) is 1. The summed E-state index contributed by atoms with van der Waals surface area (Å²) in [5, 5.41) is 0. The summed E-state index contributed by atoms with van der Waals surface area (Å²) in [5.41, 5.74) is 3.50. The molecule has 1 heterocycles. The third-order valence-corrected chi connectivity index (χ3v) is 2.99. The van der Waals surface area contributed by atoms with E-state index in [1.165, 1.54) is 19.2 Å². The molecule has 0 bridgehead atoms. The highest BCUT2D eigenvalue weighted by atomic mass is 19.1. The highest BCUT2D eigenvalue weighted by Crippen LogP contribution is 2.25. The molecule has 6 heteroatoms. The summed E-state index contributed by atoms with van der Waals surface area (Å²) >= 11 is 0. The summed E-state index contributed by atoms with van der Waals surface area (Å²) in [5.74, 6) is 4.84. The van der Waals surface area contributed by atoms with Crippen molar-refractivity contribution >= 4 is 0 Å². The minimum atomic E-state index is -0.612. The molecule has 1 aromatic heterocycles. The Labute approximate surface area is 115 Å². The summed E-state index contributed by atoms with van der Waals surface area (Å²) in [4.78, 5) is 4.20. The molecule has 0 fully saturated rings. The second-order valence-corrected chi connectivity index (χ2v) is 4.25. The molecular weight excluding hydrogens is 264 g/mol. The number of benzene rings is 1. The molecule has 2 aromatic rings. The van der Waals surface area contributed by atoms with Crippen LogP contribution < -0.4 is 16.0 Å². The standard InChI is InChI=1S/C14H15F2N3O/c1-20-13-3-2-6-18-14(13)12(19-17)7-9-4-5-10(15)8-11(9)16/h2-6,8,12,19H,7,17H2,1H3. The number of nitrogens with two attached hydrogens (primary N) is 1. The zero-order valence-electron chi connectivity index (χ0n) is 10.9. The van der Waals surface area contributed by atoms with Crippen LogP contribution in [0.5, 0.6) is 5.75 Å². The van der Waals surface area contributed by atoms with Crippen LogP contribution in [-0.4, -0.2) is 12.1 Å². The number of rotatable bonds is 5. The largest absolute Gasteiger partial charge is 0.495 e. The fourth-order valence-corrected chi connectivity index (χ4v) is 1.98. The zero-order chi connectivity index (χ0) is 14.5. The van der Waals surface area contributed by atoms with Gasteiger partial charge in [-0.3, -0.25) is 16.3 Å². The number of hydrazine groups is 1. The van der Waals surface area contributed by atoms with Crippen molar-refractivity contribution in [1.82, 2.24) is 10.4 Å². The number of ether oxygens (including phenoxy) is 1. The van der Waals surface area contributed by atoms with Gasteiger partial charge >= 0.3 is 0 Å². The van der Waals surface area contributed by atoms with Crippen molar-refractivity contribution in [2.24, 2.45) is 5.84 Å². The molecule has 3 N–H and O–H groups in total. The molecule has 1 aromatic carbocycles. The normalized spacial score (nSPS) is 12.2. The zero-order valence-corrected chi connectivity index (χ0v) is 10.9. The molecule has 1 atom stereocenters. The minimum Gasteiger partial charge on any atom is -0.495 e. The van der Waals surface area contributed by atoms with Crippen LogP contribution in [0.4, 0.5) is 8.78 Å². The van der Waals surface area contributed by atoms with Gasteiger partial charge in [0.15, 0.2) is 0 Å². The number of halogens is 2. The lowest BCUT2D eigenvalue weighted by molar-refractivity contribution is 0.393. The van der Waals surface area contributed by atoms with Crippen LogP contribution in [0.15, 0.2) is 36.5 Å². The first-order chi connectivity index (χ1) is 9.65. The fraction of sp³-hybridized carbons (Fsp3) is 0.214. The van der Waals surface area contributed by atoms with Crippen LogP contribution in [0.2, 0.25) is 0 Å². The van der Waals surface area contributed by atoms with E-state index in [9.17, 15) is 8.78 Å². The molecule has 0 radical (unpaired) electrons. The maximum absolute atomic E-state index is 13.7. The van der Waals surface area contributed by atoms with Crippen molar-refractivity contribution in [2.45, 2.75) is 12.5 Å². The lowest BCUT2D eigenvalue weighted by atomic mass is 10.0. The monoisotopic (exact) mass is 279 g/mol. The molecule has 0 aliphatic heterocycles. The highest BCUT2D eigenvalue weighted by molar-refractivity contribution is 5.31. The van der Waals surface area contributed by atoms with E-state index in [1.807, 2.05) is 0 Å². The van der Waals surface area contributed by atoms with Crippen molar-refractivity contribution in [2.75, 3.05) is 7.11 Å². The number of nitrogens with zero attached hydrogens (tertiary/aromatic N) is 1. The lowest BCUT2D eigenvalue weighted by Crippen LogP contribution is -2.30. The average Bonchev–Trinajstić information content (AvgIpc) is 2.46. The van der Waals surface area contributed by atoms with Crippen molar-refractivity contribution in [3.8, 4) is 5.75 Å². The Kier molecular flexibility index (Phi) is 4.60. The van der Waals surface area contributed by atoms with Crippen molar-refractivity contribution in [3.05, 3.63) is 59.4 Å². The SMILES string of the molecule is COc1cccnc1C(Cc1ccc(F)cc1F)NN. The first kappa shape index (κ1) is 14.4. The molecule has 0 amide bonds. The first-order valence-corrected chi connectivity index (χ1v) is 6.04. The minimum absolute atomic E-state index is 0.232. The molecule has 4 nitrogen and oxygen atoms in total. The topological polar surface area (TPSA) is 60.2 Å². The number of aromatic nitrogens is 1. The molecule has 0 saturated heterocycles. The van der Waals surface area contributed by atoms with Crippen LogP contribution in [0, 0.1) is 11.6 Å². The predicted octanol–water partition coefficient (Wildman–Crippen LogP) is 2.12. The van der Waals surface area contributed by atoms with Gasteiger partial charge in [-0.15, -0.1) is 0 Å². The van der Waals surface area contributed by atoms with Gasteiger partial charge in [-0.2, -0.15) is 0 Å². The first-order valence-electron chi connectivity index (χ1n) is 6.04. The van der Waals surface area contributed by atoms with E-state index in [1.54, 1.807) is 18.3 Å². The Morgan fingerprint density at radius 2 is 2.15 bits per heavy atom. The van der Waals surface area contributed by atoms with Gasteiger partial charge in [0.25, 0.3) is 0 Å². The third kappa shape index (κ3) is 3.09. The number of hydrogen-bond donors (Lipinski definition) is 2. The van der Waals surface area contributed by atoms with Crippen molar-refractivity contribution < 1.29 is 13.5 Å². The van der Waals surface area contributed by atoms with Crippen LogP contribution >= 0.6 is 0 Å². The molecule has 0 aliphatic rings. The Morgan fingerprint density at radius 1 is 1.35 bits per heavy atom. The van der Waals surface area contributed by atoms with Gasteiger partial charge in [-0.05, 0) is 30.2 Å². The fourth-order valence-electron chi connectivity index (χ4n) is 1.98. The van der Waals surface area contributed by atoms with Crippen LogP contribution in [0.25, 0.3) is 0 Å². The number of hydrogen-bond acceptors (Lipinski definition) is 4. The van der Waals surface area contributed by atoms with Gasteiger partial charge in [0.05, 0.1) is 13.2 Å². The van der Waals surface area contributed by atoms with E-state index >= 15 is 0 Å². The van der Waals surface area contributed by atoms with Gasteiger partial charge in [0, 0.05) is 12.3 Å². The van der Waals surface area contributed by atoms with Gasteiger partial charge < -0.3 is 4.74 Å². The van der Waals surface area contributed by atoms with Crippen molar-refractivity contribution in [3.63, 3.8) is 0 Å². The molecule has 0 spiro atoms. The maximum atomic E-state index is 13.7. The van der Waals surface area contributed by atoms with E-state index in [0.717, 1.165) is 6.07 Å². The summed E-state index contributed by atoms with van der Waals surface area (Å²) < 4.78 is 31.8. The summed E-state index contributed by atoms with van der Waals surface area (Å²) in [6.07, 6.45) is 1.83. The van der Waals surface area contributed by atoms with E-state index in [-0.39, 0.29) is 6.42 Å². The number of methoxy groups -OCH3 is 1. The second kappa shape index (κ2) is 6.40. The van der Waals surface area contributed by atoms with Crippen LogP contribution in [0.1, 0.15) is 17.3 Å². The van der Waals surface area contributed by atoms with E-state index in [4.69, 9.17) is 10.6 Å². The van der Waals surface area contributed by atoms with Gasteiger partial charge in [-0.1, -0.05) is 6.07 Å². The van der Waals surface area contributed by atoms with Gasteiger partial charge in [0.1, 0.15) is 23.1 Å². The van der Waals surface area contributed by atoms with Crippen LogP contribution in [-0.2, 0) is 6.42 Å². The third-order valence-electron chi connectivity index (χ3n) is 2.99. The van der Waals surface area contributed by atoms with Gasteiger partial charge in [-0.25, -0.2) is 8.78 Å². The lowest BCUT2D eigenvalue weighted by Gasteiger charge is -2.18. The molecule has 0 saturated carbocycles. The smallest absolute Gasteiger partial charge is 0.142 e.